The van der Waals surface area contributed by atoms with Crippen molar-refractivity contribution >= 4 is 31.5 Å². The summed E-state index contributed by atoms with van der Waals surface area (Å²) in [7, 11) is 0. The second-order valence-electron chi connectivity index (χ2n) is 6.62. The number of rotatable bonds is 6. The Bertz CT molecular complexity index is 1010. The van der Waals surface area contributed by atoms with E-state index in [-0.39, 0.29) is 5.92 Å². The van der Waals surface area contributed by atoms with E-state index in [0.717, 1.165) is 17.7 Å². The van der Waals surface area contributed by atoms with Gasteiger partial charge in [-0.15, -0.1) is 11.3 Å². The lowest BCUT2D eigenvalue weighted by Crippen LogP contribution is -2.32. The van der Waals surface area contributed by atoms with Gasteiger partial charge in [0, 0.05) is 32.6 Å². The van der Waals surface area contributed by atoms with Crippen molar-refractivity contribution in [3.05, 3.63) is 83.9 Å². The number of thiophene rings is 1. The average molecular weight is 362 g/mol. The van der Waals surface area contributed by atoms with Crippen LogP contribution >= 0.6 is 11.3 Å². The molecule has 3 aromatic carbocycles. The first kappa shape index (κ1) is 17.2. The number of hydrogen-bond donors (Lipinski definition) is 2. The molecule has 0 aliphatic heterocycles. The van der Waals surface area contributed by atoms with Crippen molar-refractivity contribution in [2.24, 2.45) is 0 Å². The first-order chi connectivity index (χ1) is 12.8. The molecule has 0 fully saturated rings. The van der Waals surface area contributed by atoms with Gasteiger partial charge in [0.15, 0.2) is 0 Å². The molecule has 0 saturated heterocycles. The van der Waals surface area contributed by atoms with E-state index < -0.39 is 6.10 Å². The number of nitrogens with one attached hydrogen (secondary N) is 1. The molecule has 0 spiro atoms. The lowest BCUT2D eigenvalue weighted by molar-refractivity contribution is 0.154. The monoisotopic (exact) mass is 361 g/mol. The molecule has 2 nitrogen and oxygen atoms in total. The van der Waals surface area contributed by atoms with Gasteiger partial charge < -0.3 is 10.4 Å². The molecule has 0 aliphatic rings. The van der Waals surface area contributed by atoms with Crippen molar-refractivity contribution in [3.63, 3.8) is 0 Å². The minimum atomic E-state index is -0.473. The summed E-state index contributed by atoms with van der Waals surface area (Å²) >= 11 is 1.83. The molecule has 132 valence electrons. The molecular weight excluding hydrogens is 338 g/mol. The number of fused-ring (bicyclic) bond motifs is 3. The van der Waals surface area contributed by atoms with Gasteiger partial charge in [-0.2, -0.15) is 0 Å². The quantitative estimate of drug-likeness (QED) is 0.497. The highest BCUT2D eigenvalue weighted by molar-refractivity contribution is 7.25. The van der Waals surface area contributed by atoms with E-state index in [1.807, 2.05) is 29.5 Å². The number of likely N-dealkylation sites (N-methyl/N-ethyl adjacent to an activating group) is 1. The minimum Gasteiger partial charge on any atom is -0.391 e. The van der Waals surface area contributed by atoms with E-state index in [1.165, 1.54) is 20.2 Å². The van der Waals surface area contributed by atoms with Crippen LogP contribution in [0.1, 0.15) is 24.0 Å². The van der Waals surface area contributed by atoms with Crippen LogP contribution in [0.15, 0.2) is 72.8 Å². The Labute approximate surface area is 158 Å². The molecule has 1 heterocycles. The number of benzene rings is 3. The summed E-state index contributed by atoms with van der Waals surface area (Å²) in [5, 5.41) is 16.8. The van der Waals surface area contributed by atoms with Crippen LogP contribution in [-0.2, 0) is 0 Å². The van der Waals surface area contributed by atoms with Crippen molar-refractivity contribution < 1.29 is 5.11 Å². The highest BCUT2D eigenvalue weighted by atomic mass is 32.1. The van der Waals surface area contributed by atoms with E-state index in [2.05, 4.69) is 66.8 Å². The summed E-state index contributed by atoms with van der Waals surface area (Å²) in [6, 6.07) is 25.5. The van der Waals surface area contributed by atoms with Crippen LogP contribution in [0.2, 0.25) is 0 Å². The normalized spacial score (nSPS) is 13.9. The van der Waals surface area contributed by atoms with Gasteiger partial charge >= 0.3 is 0 Å². The smallest absolute Gasteiger partial charge is 0.0773 e. The predicted molar refractivity (Wildman–Crippen MR) is 112 cm³/mol. The van der Waals surface area contributed by atoms with Crippen LogP contribution in [0.25, 0.3) is 20.2 Å². The summed E-state index contributed by atoms with van der Waals surface area (Å²) < 4.78 is 2.60. The highest BCUT2D eigenvalue weighted by Gasteiger charge is 2.23. The van der Waals surface area contributed by atoms with Crippen LogP contribution in [0.3, 0.4) is 0 Å². The molecule has 4 rings (SSSR count). The van der Waals surface area contributed by atoms with E-state index in [9.17, 15) is 5.11 Å². The van der Waals surface area contributed by atoms with Gasteiger partial charge in [-0.05, 0) is 35.9 Å². The third kappa shape index (κ3) is 3.26. The fourth-order valence-electron chi connectivity index (χ4n) is 3.64. The van der Waals surface area contributed by atoms with E-state index in [0.29, 0.717) is 6.54 Å². The Morgan fingerprint density at radius 2 is 1.58 bits per heavy atom. The Morgan fingerprint density at radius 1 is 0.846 bits per heavy atom. The Balaban J connectivity index is 1.83. The molecule has 3 heteroatoms. The Hall–Kier alpha value is -2.20. The third-order valence-electron chi connectivity index (χ3n) is 4.91. The van der Waals surface area contributed by atoms with Gasteiger partial charge in [0.1, 0.15) is 0 Å². The van der Waals surface area contributed by atoms with Crippen molar-refractivity contribution in [3.8, 4) is 0 Å². The van der Waals surface area contributed by atoms with Gasteiger partial charge in [-0.1, -0.05) is 61.5 Å². The lowest BCUT2D eigenvalue weighted by atomic mass is 9.86. The molecule has 0 aliphatic carbocycles. The Morgan fingerprint density at radius 3 is 2.38 bits per heavy atom. The number of aliphatic hydroxyl groups excluding tert-OH is 1. The highest BCUT2D eigenvalue weighted by Crippen LogP contribution is 2.37. The first-order valence-corrected chi connectivity index (χ1v) is 9.94. The molecule has 1 aromatic heterocycles. The van der Waals surface area contributed by atoms with Gasteiger partial charge in [-0.3, -0.25) is 0 Å². The molecule has 0 amide bonds. The van der Waals surface area contributed by atoms with E-state index in [1.54, 1.807) is 0 Å². The largest absolute Gasteiger partial charge is 0.391 e. The molecular formula is C23H23NOS. The maximum Gasteiger partial charge on any atom is 0.0773 e. The molecule has 0 saturated carbocycles. The number of hydrogen-bond acceptors (Lipinski definition) is 3. The summed E-state index contributed by atoms with van der Waals surface area (Å²) in [6.45, 7) is 3.50. The topological polar surface area (TPSA) is 32.3 Å². The second kappa shape index (κ2) is 7.58. The molecule has 2 N–H and O–H groups in total. The van der Waals surface area contributed by atoms with E-state index in [4.69, 9.17) is 0 Å². The number of aliphatic hydroxyl groups is 1. The second-order valence-corrected chi connectivity index (χ2v) is 7.70. The van der Waals surface area contributed by atoms with Gasteiger partial charge in [0.2, 0.25) is 0 Å². The Kier molecular flexibility index (Phi) is 5.02. The van der Waals surface area contributed by atoms with E-state index >= 15 is 0 Å². The fourth-order valence-corrected chi connectivity index (χ4v) is 4.73. The predicted octanol–water partition coefficient (Wildman–Crippen LogP) is 5.16. The van der Waals surface area contributed by atoms with Crippen LogP contribution in [0.5, 0.6) is 0 Å². The van der Waals surface area contributed by atoms with Gasteiger partial charge in [0.05, 0.1) is 6.10 Å². The summed E-state index contributed by atoms with van der Waals surface area (Å²) in [5.74, 6) is -0.0432. The van der Waals surface area contributed by atoms with Crippen molar-refractivity contribution in [2.45, 2.75) is 18.9 Å². The van der Waals surface area contributed by atoms with Crippen LogP contribution < -0.4 is 5.32 Å². The SMILES string of the molecule is CCNCC(O)C(c1ccccc1)c1ccc2sc3ccccc3c2c1. The molecule has 2 unspecified atom stereocenters. The summed E-state index contributed by atoms with van der Waals surface area (Å²) in [4.78, 5) is 0. The average Bonchev–Trinajstić information content (AvgIpc) is 3.05. The molecule has 4 aromatic rings. The zero-order valence-electron chi connectivity index (χ0n) is 14.9. The van der Waals surface area contributed by atoms with Crippen LogP contribution in [-0.4, -0.2) is 24.3 Å². The van der Waals surface area contributed by atoms with Crippen LogP contribution in [0.4, 0.5) is 0 Å². The maximum atomic E-state index is 10.9. The zero-order chi connectivity index (χ0) is 17.9. The molecule has 2 atom stereocenters. The van der Waals surface area contributed by atoms with Gasteiger partial charge in [0.25, 0.3) is 0 Å². The maximum absolute atomic E-state index is 10.9. The summed E-state index contributed by atoms with van der Waals surface area (Å²) in [6.07, 6.45) is -0.473. The fraction of sp³-hybridized carbons (Fsp3) is 0.217. The van der Waals surface area contributed by atoms with Gasteiger partial charge in [-0.25, -0.2) is 0 Å². The van der Waals surface area contributed by atoms with Crippen LogP contribution in [0, 0.1) is 0 Å². The summed E-state index contributed by atoms with van der Waals surface area (Å²) in [5.41, 5.74) is 2.31. The molecule has 0 bridgehead atoms. The lowest BCUT2D eigenvalue weighted by Gasteiger charge is -2.24. The third-order valence-corrected chi connectivity index (χ3v) is 6.06. The first-order valence-electron chi connectivity index (χ1n) is 9.13. The van der Waals surface area contributed by atoms with Crippen molar-refractivity contribution in [1.29, 1.82) is 0 Å². The molecule has 26 heavy (non-hydrogen) atoms. The molecule has 0 radical (unpaired) electrons. The van der Waals surface area contributed by atoms with Crippen molar-refractivity contribution in [1.82, 2.24) is 5.32 Å². The zero-order valence-corrected chi connectivity index (χ0v) is 15.7. The minimum absolute atomic E-state index is 0.0432. The standard InChI is InChI=1S/C23H23NOS/c1-2-24-15-20(25)23(16-8-4-3-5-9-16)17-12-13-22-19(14-17)18-10-6-7-11-21(18)26-22/h3-14,20,23-25H,2,15H2,1H3. The van der Waals surface area contributed by atoms with Crippen molar-refractivity contribution in [2.75, 3.05) is 13.1 Å².